The fourth-order valence-corrected chi connectivity index (χ4v) is 4.50. The first kappa shape index (κ1) is 21.0. The van der Waals surface area contributed by atoms with E-state index in [1.165, 1.54) is 24.3 Å². The van der Waals surface area contributed by atoms with Crippen molar-refractivity contribution < 1.29 is 18.8 Å². The molecule has 7 heteroatoms. The Hall–Kier alpha value is -3.22. The zero-order chi connectivity index (χ0) is 22.0. The second kappa shape index (κ2) is 8.88. The first-order chi connectivity index (χ1) is 14.9. The number of anilines is 1. The number of benzene rings is 2. The second-order valence-electron chi connectivity index (χ2n) is 8.32. The van der Waals surface area contributed by atoms with Crippen LogP contribution in [0.1, 0.15) is 48.0 Å². The molecule has 0 bridgehead atoms. The molecule has 162 valence electrons. The molecule has 0 unspecified atom stereocenters. The number of fused-ring (bicyclic) bond motifs is 1. The number of aryl methyl sites for hydroxylation is 1. The van der Waals surface area contributed by atoms with Crippen molar-refractivity contribution >= 4 is 23.4 Å². The number of carbonyl (C=O) groups is 3. The molecular formula is C24H26FN3O3. The summed E-state index contributed by atoms with van der Waals surface area (Å²) in [5.41, 5.74) is 2.02. The summed E-state index contributed by atoms with van der Waals surface area (Å²) in [6.07, 6.45) is 3.35. The molecule has 1 saturated carbocycles. The molecule has 0 spiro atoms. The van der Waals surface area contributed by atoms with Crippen LogP contribution < -0.4 is 10.6 Å². The third-order valence-corrected chi connectivity index (χ3v) is 6.09. The molecular weight excluding hydrogens is 397 g/mol. The van der Waals surface area contributed by atoms with Gasteiger partial charge in [-0.3, -0.25) is 14.4 Å². The molecule has 4 rings (SSSR count). The fraction of sp³-hybridized carbons (Fsp3) is 0.375. The predicted octanol–water partition coefficient (Wildman–Crippen LogP) is 3.41. The zero-order valence-electron chi connectivity index (χ0n) is 17.4. The van der Waals surface area contributed by atoms with E-state index in [1.807, 2.05) is 19.1 Å². The molecule has 31 heavy (non-hydrogen) atoms. The van der Waals surface area contributed by atoms with Gasteiger partial charge in [0.1, 0.15) is 11.9 Å². The minimum atomic E-state index is -0.914. The van der Waals surface area contributed by atoms with Gasteiger partial charge in [-0.25, -0.2) is 4.39 Å². The van der Waals surface area contributed by atoms with Gasteiger partial charge in [-0.1, -0.05) is 30.5 Å². The van der Waals surface area contributed by atoms with Crippen molar-refractivity contribution in [2.75, 3.05) is 5.32 Å². The third-order valence-electron chi connectivity index (χ3n) is 6.09. The van der Waals surface area contributed by atoms with E-state index >= 15 is 0 Å². The van der Waals surface area contributed by atoms with Gasteiger partial charge in [-0.2, -0.15) is 0 Å². The molecule has 1 aliphatic carbocycles. The van der Waals surface area contributed by atoms with Crippen LogP contribution in [0.4, 0.5) is 10.1 Å². The van der Waals surface area contributed by atoms with Crippen LogP contribution in [0.25, 0.3) is 0 Å². The topological polar surface area (TPSA) is 78.5 Å². The molecule has 0 radical (unpaired) electrons. The zero-order valence-corrected chi connectivity index (χ0v) is 17.4. The Kier molecular flexibility index (Phi) is 6.02. The molecule has 2 aromatic carbocycles. The quantitative estimate of drug-likeness (QED) is 0.791. The smallest absolute Gasteiger partial charge is 0.254 e. The Bertz CT molecular complexity index is 975. The predicted molar refractivity (Wildman–Crippen MR) is 115 cm³/mol. The largest absolute Gasteiger partial charge is 0.349 e. The number of nitrogens with one attached hydrogen (secondary N) is 2. The van der Waals surface area contributed by atoms with E-state index < -0.39 is 11.9 Å². The lowest BCUT2D eigenvalue weighted by Crippen LogP contribution is -2.68. The van der Waals surface area contributed by atoms with Crippen LogP contribution in [0.5, 0.6) is 0 Å². The molecule has 6 nitrogen and oxygen atoms in total. The van der Waals surface area contributed by atoms with Gasteiger partial charge < -0.3 is 15.5 Å². The maximum atomic E-state index is 13.4. The van der Waals surface area contributed by atoms with Crippen molar-refractivity contribution in [1.82, 2.24) is 10.2 Å². The lowest BCUT2D eigenvalue weighted by molar-refractivity contribution is -0.135. The molecule has 1 aliphatic heterocycles. The number of hydrogen-bond donors (Lipinski definition) is 2. The van der Waals surface area contributed by atoms with Gasteiger partial charge in [0.15, 0.2) is 0 Å². The first-order valence-electron chi connectivity index (χ1n) is 10.7. The Morgan fingerprint density at radius 3 is 2.45 bits per heavy atom. The molecule has 1 saturated heterocycles. The highest BCUT2D eigenvalue weighted by atomic mass is 19.1. The second-order valence-corrected chi connectivity index (χ2v) is 8.32. The van der Waals surface area contributed by atoms with Crippen LogP contribution in [-0.4, -0.2) is 40.7 Å². The average molecular weight is 423 g/mol. The van der Waals surface area contributed by atoms with E-state index in [4.69, 9.17) is 0 Å². The van der Waals surface area contributed by atoms with Crippen molar-refractivity contribution in [1.29, 1.82) is 0 Å². The minimum Gasteiger partial charge on any atom is -0.349 e. The molecule has 3 amide bonds. The van der Waals surface area contributed by atoms with Crippen LogP contribution in [0.2, 0.25) is 0 Å². The summed E-state index contributed by atoms with van der Waals surface area (Å²) in [6.45, 7) is 1.96. The summed E-state index contributed by atoms with van der Waals surface area (Å²) < 4.78 is 13.4. The highest BCUT2D eigenvalue weighted by Gasteiger charge is 2.46. The average Bonchev–Trinajstić information content (AvgIpc) is 2.76. The lowest BCUT2D eigenvalue weighted by Gasteiger charge is -2.48. The summed E-state index contributed by atoms with van der Waals surface area (Å²) in [4.78, 5) is 40.6. The third kappa shape index (κ3) is 4.60. The van der Waals surface area contributed by atoms with Gasteiger partial charge >= 0.3 is 0 Å². The molecule has 2 fully saturated rings. The lowest BCUT2D eigenvalue weighted by atomic mass is 9.84. The Labute approximate surface area is 180 Å². The highest BCUT2D eigenvalue weighted by molar-refractivity contribution is 6.01. The Morgan fingerprint density at radius 1 is 1.06 bits per heavy atom. The van der Waals surface area contributed by atoms with Gasteiger partial charge in [0.2, 0.25) is 11.8 Å². The number of rotatable bonds is 4. The highest BCUT2D eigenvalue weighted by Crippen LogP contribution is 2.31. The number of halogens is 1. The SMILES string of the molecule is Cc1ccc(NC(=O)C[C@@H]2C(=O)N[C@H]3CCCC[C@@H]3N2C(=O)c2ccc(F)cc2)cc1. The van der Waals surface area contributed by atoms with E-state index in [2.05, 4.69) is 10.6 Å². The van der Waals surface area contributed by atoms with Gasteiger partial charge in [0, 0.05) is 17.3 Å². The van der Waals surface area contributed by atoms with Crippen molar-refractivity contribution in [3.63, 3.8) is 0 Å². The van der Waals surface area contributed by atoms with Crippen molar-refractivity contribution in [2.45, 2.75) is 57.2 Å². The first-order valence-corrected chi connectivity index (χ1v) is 10.7. The number of piperazine rings is 1. The van der Waals surface area contributed by atoms with Gasteiger partial charge in [0.05, 0.1) is 12.5 Å². The summed E-state index contributed by atoms with van der Waals surface area (Å²) in [6, 6.07) is 11.5. The standard InChI is InChI=1S/C24H26FN3O3/c1-15-6-12-18(13-7-15)26-22(29)14-21-23(30)27-19-4-2-3-5-20(19)28(21)24(31)16-8-10-17(25)11-9-16/h6-13,19-21H,2-5,14H2,1H3,(H,26,29)(H,27,30)/t19-,20-,21+/m0/s1. The summed E-state index contributed by atoms with van der Waals surface area (Å²) in [5.74, 6) is -1.44. The van der Waals surface area contributed by atoms with Gasteiger partial charge in [0.25, 0.3) is 5.91 Å². The summed E-state index contributed by atoms with van der Waals surface area (Å²) >= 11 is 0. The summed E-state index contributed by atoms with van der Waals surface area (Å²) in [5, 5.41) is 5.83. The molecule has 0 aromatic heterocycles. The maximum Gasteiger partial charge on any atom is 0.254 e. The number of amides is 3. The molecule has 1 heterocycles. The van der Waals surface area contributed by atoms with Crippen LogP contribution in [0, 0.1) is 12.7 Å². The van der Waals surface area contributed by atoms with Gasteiger partial charge in [-0.15, -0.1) is 0 Å². The minimum absolute atomic E-state index is 0.123. The van der Waals surface area contributed by atoms with E-state index in [0.29, 0.717) is 11.3 Å². The normalized spacial score (nSPS) is 23.0. The van der Waals surface area contributed by atoms with Crippen LogP contribution in [-0.2, 0) is 9.59 Å². The number of carbonyl (C=O) groups excluding carboxylic acids is 3. The molecule has 2 aromatic rings. The van der Waals surface area contributed by atoms with Gasteiger partial charge in [-0.05, 0) is 56.2 Å². The van der Waals surface area contributed by atoms with E-state index in [9.17, 15) is 18.8 Å². The van der Waals surface area contributed by atoms with Crippen molar-refractivity contribution in [3.8, 4) is 0 Å². The monoisotopic (exact) mass is 423 g/mol. The van der Waals surface area contributed by atoms with Crippen LogP contribution in [0.15, 0.2) is 48.5 Å². The van der Waals surface area contributed by atoms with E-state index in [-0.39, 0.29) is 36.2 Å². The number of hydrogen-bond acceptors (Lipinski definition) is 3. The number of nitrogens with zero attached hydrogens (tertiary/aromatic N) is 1. The molecule has 2 N–H and O–H groups in total. The fourth-order valence-electron chi connectivity index (χ4n) is 4.50. The maximum absolute atomic E-state index is 13.4. The van der Waals surface area contributed by atoms with E-state index in [1.54, 1.807) is 17.0 Å². The van der Waals surface area contributed by atoms with Crippen molar-refractivity contribution in [2.24, 2.45) is 0 Å². The summed E-state index contributed by atoms with van der Waals surface area (Å²) in [7, 11) is 0. The Morgan fingerprint density at radius 2 is 1.74 bits per heavy atom. The molecule has 2 aliphatic rings. The Balaban J connectivity index is 1.58. The molecule has 3 atom stereocenters. The van der Waals surface area contributed by atoms with Crippen LogP contribution in [0.3, 0.4) is 0 Å². The van der Waals surface area contributed by atoms with Crippen molar-refractivity contribution in [3.05, 3.63) is 65.5 Å². The van der Waals surface area contributed by atoms with E-state index in [0.717, 1.165) is 31.2 Å². The van der Waals surface area contributed by atoms with Crippen LogP contribution >= 0.6 is 0 Å².